The van der Waals surface area contributed by atoms with Crippen LogP contribution in [0.5, 0.6) is 5.75 Å². The number of thioether (sulfide) groups is 1. The molecular formula is C16H17N3O6S2. The van der Waals surface area contributed by atoms with Crippen molar-refractivity contribution in [3.05, 3.63) is 52.6 Å². The highest BCUT2D eigenvalue weighted by molar-refractivity contribution is 8.13. The summed E-state index contributed by atoms with van der Waals surface area (Å²) in [7, 11) is 0.390. The summed E-state index contributed by atoms with van der Waals surface area (Å²) >= 11 is 0.953. The minimum Gasteiger partial charge on any atom is -0.495 e. The minimum atomic E-state index is -4.06. The summed E-state index contributed by atoms with van der Waals surface area (Å²) in [5.74, 6) is -0.148. The smallest absolute Gasteiger partial charge is 0.285 e. The van der Waals surface area contributed by atoms with E-state index in [4.69, 9.17) is 4.74 Å². The zero-order valence-electron chi connectivity index (χ0n) is 14.7. The van der Waals surface area contributed by atoms with E-state index in [0.717, 1.165) is 30.0 Å². The number of non-ortho nitro benzene ring substituents is 1. The maximum Gasteiger partial charge on any atom is 0.285 e. The Morgan fingerprint density at radius 1 is 1.22 bits per heavy atom. The molecule has 0 aliphatic rings. The molecule has 144 valence electrons. The van der Waals surface area contributed by atoms with Crippen LogP contribution >= 0.6 is 11.8 Å². The van der Waals surface area contributed by atoms with Crippen molar-refractivity contribution >= 4 is 38.4 Å². The number of ether oxygens (including phenoxy) is 1. The number of anilines is 1. The van der Waals surface area contributed by atoms with Gasteiger partial charge in [-0.3, -0.25) is 19.6 Å². The number of carbonyl (C=O) groups is 1. The third-order valence-corrected chi connectivity index (χ3v) is 5.75. The van der Waals surface area contributed by atoms with Crippen molar-refractivity contribution in [2.75, 3.05) is 25.9 Å². The quantitative estimate of drug-likeness (QED) is 0.440. The van der Waals surface area contributed by atoms with Gasteiger partial charge in [0, 0.05) is 30.7 Å². The molecule has 2 aromatic carbocycles. The van der Waals surface area contributed by atoms with Crippen LogP contribution in [0.4, 0.5) is 16.2 Å². The molecule has 0 aromatic heterocycles. The van der Waals surface area contributed by atoms with Crippen LogP contribution in [-0.4, -0.2) is 44.7 Å². The number of nitrogens with zero attached hydrogens (tertiary/aromatic N) is 2. The van der Waals surface area contributed by atoms with Crippen LogP contribution in [0.15, 0.2) is 52.3 Å². The van der Waals surface area contributed by atoms with Crippen molar-refractivity contribution in [3.63, 3.8) is 0 Å². The number of nitro groups is 1. The summed E-state index contributed by atoms with van der Waals surface area (Å²) in [6.45, 7) is 0. The highest BCUT2D eigenvalue weighted by Gasteiger charge is 2.22. The van der Waals surface area contributed by atoms with Crippen LogP contribution < -0.4 is 9.46 Å². The van der Waals surface area contributed by atoms with Crippen LogP contribution in [0, 0.1) is 10.1 Å². The molecule has 27 heavy (non-hydrogen) atoms. The molecule has 0 spiro atoms. The second-order valence-electron chi connectivity index (χ2n) is 5.49. The molecule has 1 N–H and O–H groups in total. The summed E-state index contributed by atoms with van der Waals surface area (Å²) in [6.07, 6.45) is 0. The van der Waals surface area contributed by atoms with Gasteiger partial charge in [-0.25, -0.2) is 8.42 Å². The molecule has 0 saturated carbocycles. The second-order valence-corrected chi connectivity index (χ2v) is 8.16. The van der Waals surface area contributed by atoms with Crippen LogP contribution in [0.25, 0.3) is 0 Å². The monoisotopic (exact) mass is 411 g/mol. The van der Waals surface area contributed by atoms with Gasteiger partial charge in [-0.1, -0.05) is 6.07 Å². The van der Waals surface area contributed by atoms with Crippen molar-refractivity contribution in [2.45, 2.75) is 9.79 Å². The fourth-order valence-electron chi connectivity index (χ4n) is 2.02. The number of nitro benzene ring substituents is 1. The van der Waals surface area contributed by atoms with Crippen LogP contribution in [-0.2, 0) is 10.0 Å². The van der Waals surface area contributed by atoms with Crippen molar-refractivity contribution in [2.24, 2.45) is 0 Å². The Balaban J connectivity index is 2.31. The fraction of sp³-hybridized carbons (Fsp3) is 0.188. The van der Waals surface area contributed by atoms with Gasteiger partial charge in [-0.05, 0) is 36.0 Å². The first-order chi connectivity index (χ1) is 12.6. The molecule has 0 aliphatic heterocycles. The van der Waals surface area contributed by atoms with Crippen LogP contribution in [0.3, 0.4) is 0 Å². The maximum absolute atomic E-state index is 12.7. The summed E-state index contributed by atoms with van der Waals surface area (Å²) in [5.41, 5.74) is -0.0432. The Bertz CT molecular complexity index is 976. The fourth-order valence-corrected chi connectivity index (χ4v) is 3.94. The Hall–Kier alpha value is -2.79. The predicted molar refractivity (Wildman–Crippen MR) is 102 cm³/mol. The number of hydrogen-bond acceptors (Lipinski definition) is 7. The number of amides is 1. The molecular weight excluding hydrogens is 394 g/mol. The lowest BCUT2D eigenvalue weighted by molar-refractivity contribution is -0.385. The lowest BCUT2D eigenvalue weighted by Gasteiger charge is -2.13. The topological polar surface area (TPSA) is 119 Å². The molecule has 11 heteroatoms. The van der Waals surface area contributed by atoms with Crippen molar-refractivity contribution in [1.29, 1.82) is 0 Å². The number of sulfonamides is 1. The first kappa shape index (κ1) is 20.5. The van der Waals surface area contributed by atoms with Gasteiger partial charge in [0.2, 0.25) is 0 Å². The first-order valence-electron chi connectivity index (χ1n) is 7.48. The number of carbonyl (C=O) groups excluding carboxylic acids is 1. The number of hydrogen-bond donors (Lipinski definition) is 1. The van der Waals surface area contributed by atoms with E-state index in [0.29, 0.717) is 4.90 Å². The van der Waals surface area contributed by atoms with E-state index in [1.807, 2.05) is 0 Å². The number of rotatable bonds is 6. The molecule has 0 atom stereocenters. The molecule has 0 heterocycles. The van der Waals surface area contributed by atoms with E-state index < -0.39 is 14.9 Å². The maximum atomic E-state index is 12.7. The molecule has 2 aromatic rings. The third-order valence-electron chi connectivity index (χ3n) is 3.30. The molecule has 2 rings (SSSR count). The van der Waals surface area contributed by atoms with Gasteiger partial charge in [0.15, 0.2) is 0 Å². The van der Waals surface area contributed by atoms with E-state index in [1.54, 1.807) is 26.2 Å². The van der Waals surface area contributed by atoms with E-state index in [2.05, 4.69) is 4.72 Å². The average Bonchev–Trinajstić information content (AvgIpc) is 2.60. The zero-order chi connectivity index (χ0) is 20.2. The van der Waals surface area contributed by atoms with E-state index >= 15 is 0 Å². The summed E-state index contributed by atoms with van der Waals surface area (Å²) < 4.78 is 32.7. The molecule has 0 bridgehead atoms. The largest absolute Gasteiger partial charge is 0.495 e. The average molecular weight is 411 g/mol. The second kappa shape index (κ2) is 8.27. The number of benzene rings is 2. The zero-order valence-corrected chi connectivity index (χ0v) is 16.3. The molecule has 0 radical (unpaired) electrons. The normalized spacial score (nSPS) is 10.9. The molecule has 9 nitrogen and oxygen atoms in total. The summed E-state index contributed by atoms with van der Waals surface area (Å²) in [4.78, 5) is 23.7. The van der Waals surface area contributed by atoms with Gasteiger partial charge in [0.1, 0.15) is 10.6 Å². The standard InChI is InChI=1S/C16H17N3O6S2/c1-18(2)16(20)26-13-6-4-5-11(9-13)17-27(23,24)15-8-7-12(19(21)22)10-14(15)25-3/h4-10,17H,1-3H3. The summed E-state index contributed by atoms with van der Waals surface area (Å²) in [6, 6.07) is 9.55. The van der Waals surface area contributed by atoms with Crippen molar-refractivity contribution in [3.8, 4) is 5.75 Å². The van der Waals surface area contributed by atoms with Gasteiger partial charge in [0.25, 0.3) is 20.9 Å². The highest BCUT2D eigenvalue weighted by Crippen LogP contribution is 2.30. The van der Waals surface area contributed by atoms with Gasteiger partial charge >= 0.3 is 0 Å². The Labute approximate surface area is 160 Å². The minimum absolute atomic E-state index is 0.148. The Morgan fingerprint density at radius 3 is 2.52 bits per heavy atom. The predicted octanol–water partition coefficient (Wildman–Crippen LogP) is 3.18. The summed E-state index contributed by atoms with van der Waals surface area (Å²) in [5, 5.41) is 10.6. The Kier molecular flexibility index (Phi) is 6.28. The number of methoxy groups -OCH3 is 1. The van der Waals surface area contributed by atoms with Crippen molar-refractivity contribution < 1.29 is 22.9 Å². The molecule has 0 fully saturated rings. The lowest BCUT2D eigenvalue weighted by atomic mass is 10.3. The van der Waals surface area contributed by atoms with E-state index in [9.17, 15) is 23.3 Å². The first-order valence-corrected chi connectivity index (χ1v) is 9.78. The van der Waals surface area contributed by atoms with E-state index in [1.165, 1.54) is 24.1 Å². The highest BCUT2D eigenvalue weighted by atomic mass is 32.2. The number of nitrogens with one attached hydrogen (secondary N) is 1. The van der Waals surface area contributed by atoms with Gasteiger partial charge < -0.3 is 9.64 Å². The third kappa shape index (κ3) is 5.11. The van der Waals surface area contributed by atoms with Gasteiger partial charge in [-0.15, -0.1) is 0 Å². The van der Waals surface area contributed by atoms with Crippen LogP contribution in [0.1, 0.15) is 0 Å². The molecule has 0 saturated heterocycles. The molecule has 0 unspecified atom stereocenters. The van der Waals surface area contributed by atoms with Gasteiger partial charge in [0.05, 0.1) is 18.1 Å². The van der Waals surface area contributed by atoms with E-state index in [-0.39, 0.29) is 27.3 Å². The Morgan fingerprint density at radius 2 is 1.93 bits per heavy atom. The SMILES string of the molecule is COc1cc([N+](=O)[O-])ccc1S(=O)(=O)Nc1cccc(SC(=O)N(C)C)c1. The van der Waals surface area contributed by atoms with Crippen LogP contribution in [0.2, 0.25) is 0 Å². The lowest BCUT2D eigenvalue weighted by Crippen LogP contribution is -2.16. The molecule has 1 amide bonds. The van der Waals surface area contributed by atoms with Crippen molar-refractivity contribution in [1.82, 2.24) is 4.90 Å². The molecule has 0 aliphatic carbocycles. The van der Waals surface area contributed by atoms with Gasteiger partial charge in [-0.2, -0.15) is 0 Å².